The van der Waals surface area contributed by atoms with Gasteiger partial charge in [-0.2, -0.15) is 0 Å². The number of hydrogen-bond acceptors (Lipinski definition) is 3. The summed E-state index contributed by atoms with van der Waals surface area (Å²) in [4.78, 5) is 14.2. The number of carbonyl (C=O) groups is 1. The monoisotopic (exact) mass is 201 g/mol. The zero-order chi connectivity index (χ0) is 9.84. The van der Waals surface area contributed by atoms with Crippen molar-refractivity contribution < 1.29 is 14.6 Å². The average Bonchev–Trinajstić information content (AvgIpc) is 2.07. The smallest absolute Gasteiger partial charge is 0.309 e. The van der Waals surface area contributed by atoms with Crippen LogP contribution in [0.5, 0.6) is 5.75 Å². The molecule has 0 fully saturated rings. The van der Waals surface area contributed by atoms with Gasteiger partial charge in [0, 0.05) is 12.3 Å². The predicted molar refractivity (Wildman–Crippen MR) is 47.1 cm³/mol. The summed E-state index contributed by atoms with van der Waals surface area (Å²) < 4.78 is 4.90. The van der Waals surface area contributed by atoms with E-state index in [4.69, 9.17) is 21.4 Å². The number of halogens is 1. The van der Waals surface area contributed by atoms with E-state index in [1.54, 1.807) is 0 Å². The lowest BCUT2D eigenvalue weighted by molar-refractivity contribution is -0.136. The van der Waals surface area contributed by atoms with Crippen LogP contribution in [0.2, 0.25) is 5.02 Å². The number of aliphatic carboxylic acids is 1. The van der Waals surface area contributed by atoms with E-state index in [1.807, 2.05) is 0 Å². The first-order valence-corrected chi connectivity index (χ1v) is 3.91. The molecule has 1 aromatic heterocycles. The lowest BCUT2D eigenvalue weighted by Gasteiger charge is -2.03. The van der Waals surface area contributed by atoms with E-state index >= 15 is 0 Å². The maximum Gasteiger partial charge on any atom is 0.309 e. The van der Waals surface area contributed by atoms with Gasteiger partial charge in [0.15, 0.2) is 0 Å². The summed E-state index contributed by atoms with van der Waals surface area (Å²) in [6.07, 6.45) is 1.24. The molecule has 0 saturated carbocycles. The van der Waals surface area contributed by atoms with Gasteiger partial charge in [0.05, 0.1) is 19.2 Å². The third-order valence-corrected chi connectivity index (χ3v) is 1.71. The van der Waals surface area contributed by atoms with Crippen LogP contribution in [0.15, 0.2) is 12.3 Å². The minimum Gasteiger partial charge on any atom is -0.495 e. The van der Waals surface area contributed by atoms with Crippen LogP contribution in [0.1, 0.15) is 5.69 Å². The number of aromatic nitrogens is 1. The highest BCUT2D eigenvalue weighted by Crippen LogP contribution is 2.23. The number of hydrogen-bond donors (Lipinski definition) is 1. The number of carboxylic acid groups (broad SMARTS) is 1. The molecule has 0 aliphatic carbocycles. The van der Waals surface area contributed by atoms with E-state index < -0.39 is 5.97 Å². The molecule has 0 saturated heterocycles. The molecule has 5 heteroatoms. The van der Waals surface area contributed by atoms with Crippen molar-refractivity contribution in [2.24, 2.45) is 0 Å². The fourth-order valence-corrected chi connectivity index (χ4v) is 1.05. The molecular formula is C8H8ClNO3. The first kappa shape index (κ1) is 9.80. The molecule has 1 aromatic rings. The van der Waals surface area contributed by atoms with Crippen molar-refractivity contribution in [2.75, 3.05) is 7.11 Å². The van der Waals surface area contributed by atoms with Gasteiger partial charge >= 0.3 is 5.97 Å². The Morgan fingerprint density at radius 1 is 1.77 bits per heavy atom. The molecule has 0 unspecified atom stereocenters. The van der Waals surface area contributed by atoms with Crippen LogP contribution in [0.3, 0.4) is 0 Å². The van der Waals surface area contributed by atoms with Gasteiger partial charge in [-0.25, -0.2) is 0 Å². The summed E-state index contributed by atoms with van der Waals surface area (Å²) in [6, 6.07) is 1.51. The van der Waals surface area contributed by atoms with Crippen LogP contribution >= 0.6 is 11.6 Å². The SMILES string of the molecule is COc1cc(CC(=O)O)ncc1Cl. The van der Waals surface area contributed by atoms with Crippen LogP contribution < -0.4 is 4.74 Å². The average molecular weight is 202 g/mol. The van der Waals surface area contributed by atoms with E-state index in [9.17, 15) is 4.79 Å². The van der Waals surface area contributed by atoms with Crippen molar-refractivity contribution in [1.82, 2.24) is 4.98 Å². The summed E-state index contributed by atoms with van der Waals surface area (Å²) in [5.41, 5.74) is 0.425. The third kappa shape index (κ3) is 2.59. The van der Waals surface area contributed by atoms with E-state index in [2.05, 4.69) is 4.98 Å². The number of ether oxygens (including phenoxy) is 1. The molecular weight excluding hydrogens is 194 g/mol. The third-order valence-electron chi connectivity index (χ3n) is 1.43. The minimum atomic E-state index is -0.933. The maximum atomic E-state index is 10.3. The summed E-state index contributed by atoms with van der Waals surface area (Å²) in [5.74, 6) is -0.496. The molecule has 0 spiro atoms. The van der Waals surface area contributed by atoms with E-state index in [0.717, 1.165) is 0 Å². The van der Waals surface area contributed by atoms with Gasteiger partial charge in [-0.3, -0.25) is 9.78 Å². The highest BCUT2D eigenvalue weighted by Gasteiger charge is 2.06. The Kier molecular flexibility index (Phi) is 3.08. The standard InChI is InChI=1S/C8H8ClNO3/c1-13-7-2-5(3-8(11)12)10-4-6(7)9/h2,4H,3H2,1H3,(H,11,12). The zero-order valence-corrected chi connectivity index (χ0v) is 7.71. The van der Waals surface area contributed by atoms with Crippen LogP contribution in [-0.2, 0) is 11.2 Å². The molecule has 0 aliphatic heterocycles. The summed E-state index contributed by atoms with van der Waals surface area (Å²) in [7, 11) is 1.46. The molecule has 1 heterocycles. The molecule has 1 N–H and O–H groups in total. The van der Waals surface area contributed by atoms with Crippen LogP contribution in [0.4, 0.5) is 0 Å². The first-order valence-electron chi connectivity index (χ1n) is 3.53. The number of pyridine rings is 1. The Hall–Kier alpha value is -1.29. The van der Waals surface area contributed by atoms with E-state index in [0.29, 0.717) is 16.5 Å². The largest absolute Gasteiger partial charge is 0.495 e. The number of carboxylic acids is 1. The molecule has 0 amide bonds. The molecule has 0 aromatic carbocycles. The second-order valence-electron chi connectivity index (χ2n) is 2.38. The zero-order valence-electron chi connectivity index (χ0n) is 6.95. The molecule has 13 heavy (non-hydrogen) atoms. The summed E-state index contributed by atoms with van der Waals surface area (Å²) in [5, 5.41) is 8.86. The topological polar surface area (TPSA) is 59.4 Å². The Morgan fingerprint density at radius 2 is 2.46 bits per heavy atom. The predicted octanol–water partition coefficient (Wildman–Crippen LogP) is 1.37. The Balaban J connectivity index is 2.92. The second-order valence-corrected chi connectivity index (χ2v) is 2.79. The quantitative estimate of drug-likeness (QED) is 0.803. The molecule has 70 valence electrons. The molecule has 0 aliphatic rings. The Labute approximate surface area is 80.1 Å². The van der Waals surface area contributed by atoms with Crippen LogP contribution in [0, 0.1) is 0 Å². The van der Waals surface area contributed by atoms with Crippen molar-refractivity contribution in [1.29, 1.82) is 0 Å². The fourth-order valence-electron chi connectivity index (χ4n) is 0.869. The van der Waals surface area contributed by atoms with Gasteiger partial charge in [-0.1, -0.05) is 11.6 Å². The van der Waals surface area contributed by atoms with Crippen LogP contribution in [-0.4, -0.2) is 23.2 Å². The van der Waals surface area contributed by atoms with E-state index in [1.165, 1.54) is 19.4 Å². The minimum absolute atomic E-state index is 0.131. The Morgan fingerprint density at radius 3 is 3.00 bits per heavy atom. The molecule has 1 rings (SSSR count). The highest BCUT2D eigenvalue weighted by atomic mass is 35.5. The molecule has 0 radical (unpaired) electrons. The summed E-state index contributed by atoms with van der Waals surface area (Å²) in [6.45, 7) is 0. The number of rotatable bonds is 3. The summed E-state index contributed by atoms with van der Waals surface area (Å²) >= 11 is 5.70. The lowest BCUT2D eigenvalue weighted by atomic mass is 10.2. The maximum absolute atomic E-state index is 10.3. The van der Waals surface area contributed by atoms with Crippen molar-refractivity contribution in [3.8, 4) is 5.75 Å². The normalized spacial score (nSPS) is 9.69. The van der Waals surface area contributed by atoms with Crippen molar-refractivity contribution in [3.63, 3.8) is 0 Å². The van der Waals surface area contributed by atoms with Gasteiger partial charge < -0.3 is 9.84 Å². The highest BCUT2D eigenvalue weighted by molar-refractivity contribution is 6.31. The first-order chi connectivity index (χ1) is 6.13. The van der Waals surface area contributed by atoms with Gasteiger partial charge in [0.2, 0.25) is 0 Å². The molecule has 0 atom stereocenters. The second kappa shape index (κ2) is 4.09. The van der Waals surface area contributed by atoms with Crippen LogP contribution in [0.25, 0.3) is 0 Å². The van der Waals surface area contributed by atoms with Crippen molar-refractivity contribution >= 4 is 17.6 Å². The van der Waals surface area contributed by atoms with Gasteiger partial charge in [0.1, 0.15) is 10.8 Å². The lowest BCUT2D eigenvalue weighted by Crippen LogP contribution is -2.02. The van der Waals surface area contributed by atoms with Crippen molar-refractivity contribution in [3.05, 3.63) is 23.0 Å². The fraction of sp³-hybridized carbons (Fsp3) is 0.250. The number of methoxy groups -OCH3 is 1. The Bertz CT molecular complexity index is 327. The van der Waals surface area contributed by atoms with Gasteiger partial charge in [-0.05, 0) is 0 Å². The number of nitrogens with zero attached hydrogens (tertiary/aromatic N) is 1. The van der Waals surface area contributed by atoms with E-state index in [-0.39, 0.29) is 6.42 Å². The molecule has 4 nitrogen and oxygen atoms in total. The van der Waals surface area contributed by atoms with Gasteiger partial charge in [-0.15, -0.1) is 0 Å². The van der Waals surface area contributed by atoms with Crippen molar-refractivity contribution in [2.45, 2.75) is 6.42 Å². The van der Waals surface area contributed by atoms with Gasteiger partial charge in [0.25, 0.3) is 0 Å². The molecule has 0 bridgehead atoms.